The zero-order valence-electron chi connectivity index (χ0n) is 33.7. The van der Waals surface area contributed by atoms with Crippen molar-refractivity contribution in [1.82, 2.24) is 36.3 Å². The van der Waals surface area contributed by atoms with Gasteiger partial charge in [0.05, 0.1) is 26.0 Å². The second-order valence-electron chi connectivity index (χ2n) is 14.2. The van der Waals surface area contributed by atoms with E-state index in [1.54, 1.807) is 77.5 Å². The summed E-state index contributed by atoms with van der Waals surface area (Å²) in [5, 5.41) is 45.5. The summed E-state index contributed by atoms with van der Waals surface area (Å²) in [5.41, 5.74) is 1.89. The number of alkyl carbamates (subject to hydrolysis) is 1. The molecule has 6 atom stereocenters. The molecule has 4 rings (SSSR count). The fraction of sp³-hybridized carbons (Fsp3) is 0.439. The van der Waals surface area contributed by atoms with E-state index in [0.717, 1.165) is 12.8 Å². The molecule has 1 fully saturated rings. The van der Waals surface area contributed by atoms with E-state index < -0.39 is 80.9 Å². The fourth-order valence-electron chi connectivity index (χ4n) is 6.27. The molecule has 0 aliphatic carbocycles. The lowest BCUT2D eigenvalue weighted by Gasteiger charge is -2.38. The molecule has 0 unspecified atom stereocenters. The molecule has 0 aromatic heterocycles. The maximum absolute atomic E-state index is 14.2. The number of hydrogen-bond acceptors (Lipinski definition) is 11. The second-order valence-corrected chi connectivity index (χ2v) is 16.3. The van der Waals surface area contributed by atoms with Crippen molar-refractivity contribution in [3.63, 3.8) is 0 Å². The highest BCUT2D eigenvalue weighted by Gasteiger charge is 2.39. The van der Waals surface area contributed by atoms with Gasteiger partial charge in [0.1, 0.15) is 36.5 Å². The number of carbonyl (C=O) groups excluding carboxylic acids is 5. The fourth-order valence-corrected chi connectivity index (χ4v) is 8.54. The van der Waals surface area contributed by atoms with Gasteiger partial charge in [0.2, 0.25) is 23.6 Å². The van der Waals surface area contributed by atoms with Crippen molar-refractivity contribution in [2.45, 2.75) is 82.9 Å². The molecule has 0 radical (unpaired) electrons. The first kappa shape index (κ1) is 47.3. The van der Waals surface area contributed by atoms with Gasteiger partial charge in [-0.2, -0.15) is 0 Å². The van der Waals surface area contributed by atoms with Crippen molar-refractivity contribution in [3.05, 3.63) is 102 Å². The van der Waals surface area contributed by atoms with Crippen LogP contribution in [0.1, 0.15) is 49.8 Å². The van der Waals surface area contributed by atoms with E-state index in [9.17, 15) is 43.9 Å². The first-order valence-corrected chi connectivity index (χ1v) is 21.5. The molecule has 3 aromatic carbocycles. The molecule has 1 saturated heterocycles. The Morgan fingerprint density at radius 1 is 0.717 bits per heavy atom. The minimum Gasteiger partial charge on any atom is -0.508 e. The Balaban J connectivity index is 1.49. The summed E-state index contributed by atoms with van der Waals surface area (Å²) >= 11 is 0. The van der Waals surface area contributed by atoms with Crippen molar-refractivity contribution in [1.29, 1.82) is 0 Å². The molecule has 1 aliphatic rings. The summed E-state index contributed by atoms with van der Waals surface area (Å²) < 4.78 is 26.5. The van der Waals surface area contributed by atoms with Crippen LogP contribution in [0.4, 0.5) is 4.79 Å². The van der Waals surface area contributed by atoms with Crippen molar-refractivity contribution < 1.29 is 53.1 Å². The number of ether oxygens (including phenoxy) is 1. The van der Waals surface area contributed by atoms with Gasteiger partial charge in [-0.15, -0.1) is 0 Å². The van der Waals surface area contributed by atoms with Crippen LogP contribution in [0.3, 0.4) is 0 Å². The number of aliphatic hydroxyl groups is 2. The average Bonchev–Trinajstić information content (AvgIpc) is 3.24. The monoisotopic (exact) mass is 853 g/mol. The van der Waals surface area contributed by atoms with E-state index in [2.05, 4.69) is 31.7 Å². The number of hydrogen-bond donors (Lipinski definition) is 9. The third-order valence-corrected chi connectivity index (χ3v) is 11.7. The highest BCUT2D eigenvalue weighted by atomic mass is 31.2. The molecule has 326 valence electrons. The number of carbonyl (C=O) groups is 5. The lowest BCUT2D eigenvalue weighted by atomic mass is 10.0. The lowest BCUT2D eigenvalue weighted by molar-refractivity contribution is -0.135. The Hall–Kier alpha value is -5.36. The number of amides is 5. The molecule has 18 nitrogen and oxygen atoms in total. The van der Waals surface area contributed by atoms with Gasteiger partial charge in [-0.1, -0.05) is 86.6 Å². The third kappa shape index (κ3) is 14.7. The number of rotatable bonds is 22. The summed E-state index contributed by atoms with van der Waals surface area (Å²) in [6.07, 6.45) is -0.159. The van der Waals surface area contributed by atoms with Crippen LogP contribution in [-0.2, 0) is 52.5 Å². The van der Waals surface area contributed by atoms with E-state index in [1.165, 1.54) is 12.1 Å². The summed E-state index contributed by atoms with van der Waals surface area (Å²) in [6, 6.07) is 17.7. The first-order valence-electron chi connectivity index (χ1n) is 19.9. The van der Waals surface area contributed by atoms with Gasteiger partial charge in [0.25, 0.3) is 0 Å². The van der Waals surface area contributed by atoms with Crippen LogP contribution in [0, 0.1) is 0 Å². The van der Waals surface area contributed by atoms with Gasteiger partial charge < -0.3 is 51.2 Å². The van der Waals surface area contributed by atoms with Crippen LogP contribution >= 0.6 is 7.67 Å². The molecule has 0 saturated carbocycles. The van der Waals surface area contributed by atoms with Gasteiger partial charge in [-0.3, -0.25) is 23.7 Å². The van der Waals surface area contributed by atoms with Gasteiger partial charge in [0, 0.05) is 32.4 Å². The molecule has 5 amide bonds. The maximum Gasteiger partial charge on any atom is 0.408 e. The molecule has 3 aromatic rings. The lowest BCUT2D eigenvalue weighted by Crippen LogP contribution is -2.61. The smallest absolute Gasteiger partial charge is 0.408 e. The molecule has 1 aliphatic heterocycles. The average molecular weight is 854 g/mol. The van der Waals surface area contributed by atoms with Crippen molar-refractivity contribution in [2.24, 2.45) is 0 Å². The Kier molecular flexibility index (Phi) is 19.0. The van der Waals surface area contributed by atoms with Crippen molar-refractivity contribution in [3.8, 4) is 5.75 Å². The van der Waals surface area contributed by atoms with Gasteiger partial charge >= 0.3 is 13.8 Å². The standard InChI is InChI=1S/C41H56N7O11P/c1-3-20-48(21-4-2)60(57)47-36(19-22-59-60)46-38(53)33(24-29-15-17-31(51)18-16-29)42-37(52)32(23-28-11-7-5-8-12-28)43-39(54)34(25-49)44-40(55)35(26-50)45-41(56)58-27-30-13-9-6-10-14-30/h5-18,32-36,49-51H,3-4,19-27H2,1-2H3,(H,42,52)(H,43,54)(H,44,55)(H,45,56)(H,46,53)(H,47,57)/t32-,33-,34-,35-,36+,60+/m0/s1. The minimum atomic E-state index is -3.51. The summed E-state index contributed by atoms with van der Waals surface area (Å²) in [7, 11) is -3.51. The normalized spacial score (nSPS) is 18.2. The number of nitrogens with zero attached hydrogens (tertiary/aromatic N) is 1. The summed E-state index contributed by atoms with van der Waals surface area (Å²) in [4.78, 5) is 67.3. The van der Waals surface area contributed by atoms with Crippen LogP contribution in [-0.4, -0.2) is 113 Å². The maximum atomic E-state index is 14.2. The Morgan fingerprint density at radius 3 is 1.75 bits per heavy atom. The number of aromatic hydroxyl groups is 1. The number of aliphatic hydroxyl groups excluding tert-OH is 2. The summed E-state index contributed by atoms with van der Waals surface area (Å²) in [5.74, 6) is -3.41. The molecule has 9 N–H and O–H groups in total. The molecular weight excluding hydrogens is 797 g/mol. The van der Waals surface area contributed by atoms with Crippen LogP contribution in [0.2, 0.25) is 0 Å². The topological polar surface area (TPSA) is 257 Å². The van der Waals surface area contributed by atoms with E-state index in [-0.39, 0.29) is 38.2 Å². The predicted molar refractivity (Wildman–Crippen MR) is 221 cm³/mol. The Labute approximate surface area is 349 Å². The number of phenolic OH excluding ortho intramolecular Hbond substituents is 1. The van der Waals surface area contributed by atoms with Crippen LogP contribution < -0.4 is 31.7 Å². The highest BCUT2D eigenvalue weighted by molar-refractivity contribution is 7.54. The van der Waals surface area contributed by atoms with Crippen LogP contribution in [0.25, 0.3) is 0 Å². The van der Waals surface area contributed by atoms with Gasteiger partial charge in [-0.05, 0) is 41.7 Å². The molecular formula is C41H56N7O11P. The largest absolute Gasteiger partial charge is 0.508 e. The second kappa shape index (κ2) is 24.0. The minimum absolute atomic E-state index is 0.00472. The Morgan fingerprint density at radius 2 is 1.20 bits per heavy atom. The summed E-state index contributed by atoms with van der Waals surface area (Å²) in [6.45, 7) is 3.15. The quantitative estimate of drug-likeness (QED) is 0.0652. The zero-order valence-corrected chi connectivity index (χ0v) is 34.6. The molecule has 0 bridgehead atoms. The van der Waals surface area contributed by atoms with E-state index in [0.29, 0.717) is 29.8 Å². The predicted octanol–water partition coefficient (Wildman–Crippen LogP) is 1.59. The molecule has 0 spiro atoms. The van der Waals surface area contributed by atoms with Crippen molar-refractivity contribution in [2.75, 3.05) is 32.9 Å². The number of benzene rings is 3. The molecule has 19 heteroatoms. The van der Waals surface area contributed by atoms with Gasteiger partial charge in [0.15, 0.2) is 0 Å². The van der Waals surface area contributed by atoms with E-state index in [4.69, 9.17) is 9.26 Å². The van der Waals surface area contributed by atoms with Gasteiger partial charge in [-0.25, -0.2) is 14.6 Å². The van der Waals surface area contributed by atoms with E-state index in [1.807, 2.05) is 13.8 Å². The highest BCUT2D eigenvalue weighted by Crippen LogP contribution is 2.49. The third-order valence-electron chi connectivity index (χ3n) is 9.39. The van der Waals surface area contributed by atoms with Crippen molar-refractivity contribution >= 4 is 37.4 Å². The number of nitrogens with one attached hydrogen (secondary N) is 6. The van der Waals surface area contributed by atoms with E-state index >= 15 is 0 Å². The zero-order chi connectivity index (χ0) is 43.5. The number of phenols is 1. The molecule has 60 heavy (non-hydrogen) atoms. The Bertz CT molecular complexity index is 1890. The molecule has 1 heterocycles. The first-order chi connectivity index (χ1) is 28.9. The SMILES string of the molecule is CCCN(CCC)[P@@]1(=O)N[C@@H](NC(=O)[C@H](Cc2ccc(O)cc2)NC(=O)[C@H](Cc2ccccc2)NC(=O)[C@H](CO)NC(=O)[C@H](CO)NC(=O)OCc2ccccc2)CCO1. The van der Waals surface area contributed by atoms with Crippen LogP contribution in [0.5, 0.6) is 5.75 Å². The van der Waals surface area contributed by atoms with Crippen LogP contribution in [0.15, 0.2) is 84.9 Å².